The fraction of sp³-hybridized carbons (Fsp3) is 0.333. The Balaban J connectivity index is 2.58. The molecular formula is C15H19FN2. The molecule has 2 N–H and O–H groups in total. The van der Waals surface area contributed by atoms with Crippen molar-refractivity contribution >= 4 is 10.9 Å². The van der Waals surface area contributed by atoms with Crippen LogP contribution < -0.4 is 5.73 Å². The van der Waals surface area contributed by atoms with Gasteiger partial charge >= 0.3 is 0 Å². The number of halogens is 1. The molecular weight excluding hydrogens is 227 g/mol. The molecule has 2 nitrogen and oxygen atoms in total. The summed E-state index contributed by atoms with van der Waals surface area (Å²) in [5, 5.41) is 0.973. The molecule has 0 aliphatic carbocycles. The first kappa shape index (κ1) is 12.7. The van der Waals surface area contributed by atoms with Gasteiger partial charge in [0.25, 0.3) is 0 Å². The molecule has 3 heteroatoms. The maximum Gasteiger partial charge on any atom is 0.123 e. The molecule has 0 aliphatic rings. The number of rotatable bonds is 3. The van der Waals surface area contributed by atoms with E-state index in [-0.39, 0.29) is 5.82 Å². The highest BCUT2D eigenvalue weighted by Gasteiger charge is 2.10. The monoisotopic (exact) mass is 246 g/mol. The highest BCUT2D eigenvalue weighted by atomic mass is 19.1. The van der Waals surface area contributed by atoms with E-state index >= 15 is 0 Å². The van der Waals surface area contributed by atoms with Gasteiger partial charge in [-0.1, -0.05) is 6.08 Å². The number of hydrogen-bond acceptors (Lipinski definition) is 1. The second-order valence-corrected chi connectivity index (χ2v) is 4.97. The summed E-state index contributed by atoms with van der Waals surface area (Å²) >= 11 is 0. The quantitative estimate of drug-likeness (QED) is 0.878. The number of allylic oxidation sites excluding steroid dienone is 2. The Labute approximate surface area is 107 Å². The Morgan fingerprint density at radius 2 is 2.17 bits per heavy atom. The highest BCUT2D eigenvalue weighted by Crippen LogP contribution is 2.26. The first-order valence-electron chi connectivity index (χ1n) is 6.20. The Morgan fingerprint density at radius 1 is 1.44 bits per heavy atom. The third-order valence-electron chi connectivity index (χ3n) is 3.08. The van der Waals surface area contributed by atoms with E-state index in [1.807, 2.05) is 19.1 Å². The third kappa shape index (κ3) is 2.40. The smallest absolute Gasteiger partial charge is 0.123 e. The van der Waals surface area contributed by atoms with Crippen LogP contribution in [0, 0.1) is 5.82 Å². The van der Waals surface area contributed by atoms with Crippen molar-refractivity contribution in [2.24, 2.45) is 5.73 Å². The summed E-state index contributed by atoms with van der Waals surface area (Å²) in [5.41, 5.74) is 8.64. The largest absolute Gasteiger partial charge is 0.403 e. The summed E-state index contributed by atoms with van der Waals surface area (Å²) in [6.45, 7) is 6.11. The van der Waals surface area contributed by atoms with Crippen LogP contribution in [-0.2, 0) is 6.42 Å². The molecule has 2 rings (SSSR count). The fourth-order valence-corrected chi connectivity index (χ4v) is 2.16. The molecule has 1 aromatic carbocycles. The van der Waals surface area contributed by atoms with Crippen LogP contribution in [0.5, 0.6) is 0 Å². The van der Waals surface area contributed by atoms with Crippen molar-refractivity contribution in [3.8, 4) is 0 Å². The topological polar surface area (TPSA) is 30.9 Å². The van der Waals surface area contributed by atoms with Gasteiger partial charge in [-0.2, -0.15) is 0 Å². The zero-order valence-electron chi connectivity index (χ0n) is 11.1. The number of benzene rings is 1. The van der Waals surface area contributed by atoms with Crippen molar-refractivity contribution in [2.45, 2.75) is 33.2 Å². The SMILES string of the molecule is C/C(N)=C/Cc1cn(C(C)C)c2ccc(F)cc12. The van der Waals surface area contributed by atoms with Crippen LogP contribution in [-0.4, -0.2) is 4.57 Å². The molecule has 0 bridgehead atoms. The minimum atomic E-state index is -0.196. The number of fused-ring (bicyclic) bond motifs is 1. The van der Waals surface area contributed by atoms with Crippen molar-refractivity contribution in [3.63, 3.8) is 0 Å². The van der Waals surface area contributed by atoms with Gasteiger partial charge in [-0.05, 0) is 51.0 Å². The molecule has 0 radical (unpaired) electrons. The van der Waals surface area contributed by atoms with Gasteiger partial charge in [-0.15, -0.1) is 0 Å². The summed E-state index contributed by atoms with van der Waals surface area (Å²) < 4.78 is 15.5. The minimum absolute atomic E-state index is 0.196. The lowest BCUT2D eigenvalue weighted by molar-refractivity contribution is 0.618. The normalized spacial score (nSPS) is 12.6. The van der Waals surface area contributed by atoms with Gasteiger partial charge in [-0.25, -0.2) is 4.39 Å². The van der Waals surface area contributed by atoms with Crippen LogP contribution in [0.15, 0.2) is 36.2 Å². The van der Waals surface area contributed by atoms with Crippen LogP contribution >= 0.6 is 0 Å². The number of nitrogens with zero attached hydrogens (tertiary/aromatic N) is 1. The molecule has 1 aromatic heterocycles. The summed E-state index contributed by atoms with van der Waals surface area (Å²) in [5.74, 6) is -0.196. The van der Waals surface area contributed by atoms with Gasteiger partial charge in [0.15, 0.2) is 0 Å². The van der Waals surface area contributed by atoms with Gasteiger partial charge in [0.2, 0.25) is 0 Å². The van der Waals surface area contributed by atoms with Gasteiger partial charge in [0.05, 0.1) is 0 Å². The highest BCUT2D eigenvalue weighted by molar-refractivity contribution is 5.84. The Kier molecular flexibility index (Phi) is 3.41. The Bertz CT molecular complexity index is 590. The van der Waals surface area contributed by atoms with Gasteiger partial charge in [-0.3, -0.25) is 0 Å². The van der Waals surface area contributed by atoms with Crippen LogP contribution in [0.25, 0.3) is 10.9 Å². The number of aromatic nitrogens is 1. The van der Waals surface area contributed by atoms with Crippen molar-refractivity contribution < 1.29 is 4.39 Å². The van der Waals surface area contributed by atoms with E-state index in [9.17, 15) is 4.39 Å². The predicted molar refractivity (Wildman–Crippen MR) is 73.9 cm³/mol. The third-order valence-corrected chi connectivity index (χ3v) is 3.08. The van der Waals surface area contributed by atoms with Crippen LogP contribution in [0.3, 0.4) is 0 Å². The summed E-state index contributed by atoms with van der Waals surface area (Å²) in [6, 6.07) is 5.31. The zero-order valence-corrected chi connectivity index (χ0v) is 11.1. The van der Waals surface area contributed by atoms with Crippen LogP contribution in [0.2, 0.25) is 0 Å². The van der Waals surface area contributed by atoms with E-state index in [2.05, 4.69) is 24.6 Å². The van der Waals surface area contributed by atoms with Crippen LogP contribution in [0.1, 0.15) is 32.4 Å². The predicted octanol–water partition coefficient (Wildman–Crippen LogP) is 3.77. The number of hydrogen-bond donors (Lipinski definition) is 1. The Morgan fingerprint density at radius 3 is 2.78 bits per heavy atom. The molecule has 0 aliphatic heterocycles. The van der Waals surface area contributed by atoms with Crippen molar-refractivity contribution in [1.82, 2.24) is 4.57 Å². The van der Waals surface area contributed by atoms with E-state index in [0.717, 1.165) is 28.6 Å². The molecule has 0 saturated heterocycles. The Hall–Kier alpha value is -1.77. The summed E-state index contributed by atoms with van der Waals surface area (Å²) in [6.07, 6.45) is 4.79. The zero-order chi connectivity index (χ0) is 13.3. The molecule has 0 amide bonds. The lowest BCUT2D eigenvalue weighted by atomic mass is 10.1. The summed E-state index contributed by atoms with van der Waals surface area (Å²) in [4.78, 5) is 0. The summed E-state index contributed by atoms with van der Waals surface area (Å²) in [7, 11) is 0. The second kappa shape index (κ2) is 4.84. The standard InChI is InChI=1S/C15H19FN2/c1-10(2)18-9-12(5-4-11(3)17)14-8-13(16)6-7-15(14)18/h4,6-10H,5,17H2,1-3H3/b11-4-. The van der Waals surface area contributed by atoms with Crippen molar-refractivity contribution in [2.75, 3.05) is 0 Å². The molecule has 0 spiro atoms. The van der Waals surface area contributed by atoms with Crippen LogP contribution in [0.4, 0.5) is 4.39 Å². The molecule has 2 aromatic rings. The van der Waals surface area contributed by atoms with Crippen molar-refractivity contribution in [3.05, 3.63) is 47.5 Å². The number of nitrogens with two attached hydrogens (primary N) is 1. The van der Waals surface area contributed by atoms with E-state index in [1.165, 1.54) is 6.07 Å². The maximum absolute atomic E-state index is 13.4. The van der Waals surface area contributed by atoms with Gasteiger partial charge in [0.1, 0.15) is 5.82 Å². The van der Waals surface area contributed by atoms with Gasteiger partial charge < -0.3 is 10.3 Å². The van der Waals surface area contributed by atoms with E-state index in [4.69, 9.17) is 5.73 Å². The molecule has 1 heterocycles. The molecule has 0 unspecified atom stereocenters. The molecule has 18 heavy (non-hydrogen) atoms. The first-order valence-corrected chi connectivity index (χ1v) is 6.20. The molecule has 96 valence electrons. The minimum Gasteiger partial charge on any atom is -0.403 e. The first-order chi connectivity index (χ1) is 8.49. The fourth-order valence-electron chi connectivity index (χ4n) is 2.16. The lowest BCUT2D eigenvalue weighted by Crippen LogP contribution is -1.98. The average Bonchev–Trinajstić information content (AvgIpc) is 2.64. The molecule has 0 fully saturated rings. The van der Waals surface area contributed by atoms with Gasteiger partial charge in [0, 0.05) is 28.8 Å². The molecule has 0 atom stereocenters. The molecule has 0 saturated carbocycles. The van der Waals surface area contributed by atoms with E-state index < -0.39 is 0 Å². The van der Waals surface area contributed by atoms with E-state index in [0.29, 0.717) is 6.04 Å². The second-order valence-electron chi connectivity index (χ2n) is 4.97. The van der Waals surface area contributed by atoms with E-state index in [1.54, 1.807) is 6.07 Å². The average molecular weight is 246 g/mol. The van der Waals surface area contributed by atoms with Crippen molar-refractivity contribution in [1.29, 1.82) is 0 Å². The maximum atomic E-state index is 13.4. The lowest BCUT2D eigenvalue weighted by Gasteiger charge is -2.08.